The predicted molar refractivity (Wildman–Crippen MR) is 104 cm³/mol. The first-order chi connectivity index (χ1) is 12.9. The van der Waals surface area contributed by atoms with Gasteiger partial charge in [0.25, 0.3) is 0 Å². The Balaban J connectivity index is 1.63. The van der Waals surface area contributed by atoms with Gasteiger partial charge < -0.3 is 16.4 Å². The molecule has 2 atom stereocenters. The van der Waals surface area contributed by atoms with E-state index in [0.29, 0.717) is 28.7 Å². The minimum Gasteiger partial charge on any atom is -0.383 e. The summed E-state index contributed by atoms with van der Waals surface area (Å²) in [6, 6.07) is 10.3. The summed E-state index contributed by atoms with van der Waals surface area (Å²) in [5, 5.41) is 6.58. The van der Waals surface area contributed by atoms with Crippen molar-refractivity contribution in [2.75, 3.05) is 17.2 Å². The van der Waals surface area contributed by atoms with Gasteiger partial charge in [0.15, 0.2) is 0 Å². The summed E-state index contributed by atoms with van der Waals surface area (Å²) in [6.45, 7) is 0.634. The fourth-order valence-corrected chi connectivity index (χ4v) is 4.87. The molecule has 0 radical (unpaired) electrons. The highest BCUT2D eigenvalue weighted by Crippen LogP contribution is 2.49. The van der Waals surface area contributed by atoms with E-state index in [2.05, 4.69) is 10.6 Å². The minimum atomic E-state index is -4.38. The maximum Gasteiger partial charge on any atom is 0.416 e. The normalized spacial score (nSPS) is 21.8. The monoisotopic (exact) mass is 393 g/mol. The molecular weight excluding hydrogens is 371 g/mol. The van der Waals surface area contributed by atoms with Crippen LogP contribution in [0.4, 0.5) is 30.2 Å². The number of halogens is 3. The number of alkyl halides is 3. The smallest absolute Gasteiger partial charge is 0.383 e. The molecule has 4 N–H and O–H groups in total. The molecule has 0 unspecified atom stereocenters. The van der Waals surface area contributed by atoms with Crippen molar-refractivity contribution in [2.24, 2.45) is 11.7 Å². The van der Waals surface area contributed by atoms with E-state index in [-0.39, 0.29) is 6.04 Å². The zero-order valence-electron chi connectivity index (χ0n) is 14.8. The molecule has 0 spiro atoms. The number of fused-ring (bicyclic) bond motifs is 2. The van der Waals surface area contributed by atoms with Gasteiger partial charge in [-0.3, -0.25) is 0 Å². The van der Waals surface area contributed by atoms with Crippen LogP contribution in [0, 0.1) is 5.92 Å². The lowest BCUT2D eigenvalue weighted by atomic mass is 9.86. The maximum absolute atomic E-state index is 13.4. The number of nitrogens with two attached hydrogens (primary N) is 1. The molecule has 144 valence electrons. The van der Waals surface area contributed by atoms with Crippen LogP contribution in [0.3, 0.4) is 0 Å². The zero-order chi connectivity index (χ0) is 19.0. The number of hydrogen-bond donors (Lipinski definition) is 3. The van der Waals surface area contributed by atoms with Crippen LogP contribution in [0.2, 0.25) is 0 Å². The highest BCUT2D eigenvalue weighted by atomic mass is 32.2. The average Bonchev–Trinajstić information content (AvgIpc) is 2.63. The van der Waals surface area contributed by atoms with Gasteiger partial charge in [0.05, 0.1) is 22.6 Å². The molecule has 1 aliphatic carbocycles. The molecule has 1 heterocycles. The first-order valence-corrected chi connectivity index (χ1v) is 10.0. The van der Waals surface area contributed by atoms with Gasteiger partial charge >= 0.3 is 6.18 Å². The van der Waals surface area contributed by atoms with Crippen molar-refractivity contribution >= 4 is 28.8 Å². The Morgan fingerprint density at radius 3 is 2.74 bits per heavy atom. The van der Waals surface area contributed by atoms with Crippen LogP contribution >= 0.6 is 11.8 Å². The minimum absolute atomic E-state index is 0.196. The lowest BCUT2D eigenvalue weighted by molar-refractivity contribution is -0.137. The molecule has 1 fully saturated rings. The van der Waals surface area contributed by atoms with Gasteiger partial charge in [-0.2, -0.15) is 13.2 Å². The second kappa shape index (κ2) is 7.28. The number of rotatable bonds is 3. The summed E-state index contributed by atoms with van der Waals surface area (Å²) in [5.41, 5.74) is 7.55. The predicted octanol–water partition coefficient (Wildman–Crippen LogP) is 5.84. The van der Waals surface area contributed by atoms with Gasteiger partial charge in [0.2, 0.25) is 0 Å². The highest BCUT2D eigenvalue weighted by molar-refractivity contribution is 7.99. The molecule has 2 aromatic carbocycles. The summed E-state index contributed by atoms with van der Waals surface area (Å²) in [7, 11) is 0. The van der Waals surface area contributed by atoms with Gasteiger partial charge in [-0.25, -0.2) is 0 Å². The molecular formula is C20H22F3N3S. The molecule has 27 heavy (non-hydrogen) atoms. The van der Waals surface area contributed by atoms with Gasteiger partial charge in [0, 0.05) is 22.4 Å². The lowest BCUT2D eigenvalue weighted by Gasteiger charge is -2.29. The first kappa shape index (κ1) is 18.5. The average molecular weight is 393 g/mol. The molecule has 7 heteroatoms. The summed E-state index contributed by atoms with van der Waals surface area (Å²) in [4.78, 5) is 1.51. The summed E-state index contributed by atoms with van der Waals surface area (Å²) in [5.74, 6) is 0.391. The number of benzene rings is 2. The SMILES string of the molecule is N[C@@H]1CCC[C@@H](CNc2cc(C(F)(F)F)cc3c2Nc2ccccc2S3)C1. The molecule has 4 rings (SSSR count). The summed E-state index contributed by atoms with van der Waals surface area (Å²) in [6.07, 6.45) is -0.289. The molecule has 2 aliphatic rings. The number of hydrogen-bond acceptors (Lipinski definition) is 4. The van der Waals surface area contributed by atoms with E-state index in [1.54, 1.807) is 0 Å². The van der Waals surface area contributed by atoms with Gasteiger partial charge in [-0.05, 0) is 49.4 Å². The Bertz CT molecular complexity index is 838. The van der Waals surface area contributed by atoms with E-state index < -0.39 is 11.7 Å². The van der Waals surface area contributed by atoms with Crippen molar-refractivity contribution in [3.8, 4) is 0 Å². The van der Waals surface area contributed by atoms with E-state index in [4.69, 9.17) is 5.73 Å². The first-order valence-electron chi connectivity index (χ1n) is 9.19. The van der Waals surface area contributed by atoms with Gasteiger partial charge in [-0.1, -0.05) is 30.3 Å². The van der Waals surface area contributed by atoms with Crippen molar-refractivity contribution in [1.82, 2.24) is 0 Å². The molecule has 0 saturated heterocycles. The Hall–Kier alpha value is -1.86. The fourth-order valence-electron chi connectivity index (χ4n) is 3.81. The van der Waals surface area contributed by atoms with Gasteiger partial charge in [-0.15, -0.1) is 0 Å². The third-order valence-electron chi connectivity index (χ3n) is 5.20. The van der Waals surface area contributed by atoms with E-state index in [0.717, 1.165) is 36.3 Å². The maximum atomic E-state index is 13.4. The summed E-state index contributed by atoms with van der Waals surface area (Å²) < 4.78 is 40.2. The molecule has 0 bridgehead atoms. The third kappa shape index (κ3) is 4.04. The second-order valence-corrected chi connectivity index (χ2v) is 8.38. The largest absolute Gasteiger partial charge is 0.416 e. The fraction of sp³-hybridized carbons (Fsp3) is 0.400. The number of anilines is 3. The van der Waals surface area contributed by atoms with Crippen LogP contribution in [0.25, 0.3) is 0 Å². The lowest BCUT2D eigenvalue weighted by Crippen LogP contribution is -2.31. The van der Waals surface area contributed by atoms with Gasteiger partial charge in [0.1, 0.15) is 0 Å². The van der Waals surface area contributed by atoms with Crippen LogP contribution in [0.1, 0.15) is 31.2 Å². The molecule has 1 saturated carbocycles. The van der Waals surface area contributed by atoms with E-state index >= 15 is 0 Å². The van der Waals surface area contributed by atoms with Crippen LogP contribution in [-0.4, -0.2) is 12.6 Å². The van der Waals surface area contributed by atoms with Crippen LogP contribution in [0.5, 0.6) is 0 Å². The number of nitrogens with one attached hydrogen (secondary N) is 2. The number of para-hydroxylation sites is 1. The van der Waals surface area contributed by atoms with Crippen LogP contribution < -0.4 is 16.4 Å². The Labute approximate surface area is 160 Å². The van der Waals surface area contributed by atoms with E-state index in [1.165, 1.54) is 23.9 Å². The third-order valence-corrected chi connectivity index (χ3v) is 6.32. The second-order valence-electron chi connectivity index (χ2n) is 7.29. The van der Waals surface area contributed by atoms with Crippen molar-refractivity contribution < 1.29 is 13.2 Å². The van der Waals surface area contributed by atoms with E-state index in [9.17, 15) is 13.2 Å². The Morgan fingerprint density at radius 2 is 1.96 bits per heavy atom. The molecule has 0 aromatic heterocycles. The van der Waals surface area contributed by atoms with Crippen LogP contribution in [-0.2, 0) is 6.18 Å². The molecule has 0 amide bonds. The van der Waals surface area contributed by atoms with Crippen molar-refractivity contribution in [1.29, 1.82) is 0 Å². The molecule has 3 nitrogen and oxygen atoms in total. The standard InChI is InChI=1S/C20H22F3N3S/c21-20(22,23)13-9-16(25-11-12-4-3-5-14(24)8-12)19-18(10-13)27-17-7-2-1-6-15(17)26-19/h1-2,6-7,9-10,12,14,25-26H,3-5,8,11,24H2/t12-,14-/m1/s1. The Morgan fingerprint density at radius 1 is 1.15 bits per heavy atom. The van der Waals surface area contributed by atoms with Crippen molar-refractivity contribution in [3.05, 3.63) is 42.0 Å². The summed E-state index contributed by atoms with van der Waals surface area (Å²) >= 11 is 1.37. The quantitative estimate of drug-likeness (QED) is 0.523. The van der Waals surface area contributed by atoms with E-state index in [1.807, 2.05) is 24.3 Å². The van der Waals surface area contributed by atoms with Crippen molar-refractivity contribution in [2.45, 2.75) is 47.7 Å². The highest BCUT2D eigenvalue weighted by Gasteiger charge is 2.33. The van der Waals surface area contributed by atoms with Crippen LogP contribution in [0.15, 0.2) is 46.2 Å². The zero-order valence-corrected chi connectivity index (χ0v) is 15.6. The molecule has 1 aliphatic heterocycles. The molecule has 2 aromatic rings. The topological polar surface area (TPSA) is 50.1 Å². The Kier molecular flexibility index (Phi) is 4.99. The van der Waals surface area contributed by atoms with Crippen molar-refractivity contribution in [3.63, 3.8) is 0 Å².